The molecule has 1 saturated heterocycles. The Bertz CT molecular complexity index is 1030. The smallest absolute Gasteiger partial charge is 0.227 e. The van der Waals surface area contributed by atoms with Crippen molar-refractivity contribution < 1.29 is 18.8 Å². The maximum absolute atomic E-state index is 13.4. The van der Waals surface area contributed by atoms with Crippen molar-refractivity contribution in [3.63, 3.8) is 0 Å². The molecule has 1 aliphatic rings. The summed E-state index contributed by atoms with van der Waals surface area (Å²) in [6.45, 7) is 2.58. The first-order valence-electron chi connectivity index (χ1n) is 10.1. The lowest BCUT2D eigenvalue weighted by Gasteiger charge is -2.35. The average molecular weight is 410 g/mol. The molecule has 0 bridgehead atoms. The summed E-state index contributed by atoms with van der Waals surface area (Å²) in [6.07, 6.45) is 4.86. The summed E-state index contributed by atoms with van der Waals surface area (Å²) in [7, 11) is 3.22. The number of aryl methyl sites for hydroxylation is 1. The highest BCUT2D eigenvalue weighted by Crippen LogP contribution is 2.36. The van der Waals surface area contributed by atoms with Crippen LogP contribution in [0.1, 0.15) is 42.3 Å². The zero-order chi connectivity index (χ0) is 21.1. The van der Waals surface area contributed by atoms with E-state index in [4.69, 9.17) is 14.0 Å². The summed E-state index contributed by atoms with van der Waals surface area (Å²) in [5.41, 5.74) is 3.34. The quantitative estimate of drug-likeness (QED) is 0.666. The van der Waals surface area contributed by atoms with Crippen molar-refractivity contribution >= 4 is 5.91 Å². The molecule has 1 N–H and O–H groups in total. The number of piperidine rings is 1. The van der Waals surface area contributed by atoms with Crippen molar-refractivity contribution in [2.24, 2.45) is 0 Å². The molecular weight excluding hydrogens is 384 g/mol. The number of H-pyrrole nitrogens is 1. The van der Waals surface area contributed by atoms with E-state index in [2.05, 4.69) is 15.4 Å². The van der Waals surface area contributed by atoms with Gasteiger partial charge in [0.2, 0.25) is 5.91 Å². The number of likely N-dealkylation sites (tertiary alicyclic amines) is 1. The van der Waals surface area contributed by atoms with Gasteiger partial charge in [0, 0.05) is 18.2 Å². The lowest BCUT2D eigenvalue weighted by Crippen LogP contribution is -2.39. The lowest BCUT2D eigenvalue weighted by molar-refractivity contribution is -0.134. The third-order valence-corrected chi connectivity index (χ3v) is 5.55. The first-order valence-corrected chi connectivity index (χ1v) is 10.1. The van der Waals surface area contributed by atoms with Crippen LogP contribution in [0.15, 0.2) is 35.0 Å². The number of aromatic amines is 1. The second-order valence-electron chi connectivity index (χ2n) is 7.48. The number of ether oxygens (including phenoxy) is 2. The molecule has 1 aromatic carbocycles. The minimum absolute atomic E-state index is 0.0422. The summed E-state index contributed by atoms with van der Waals surface area (Å²) >= 11 is 0. The Kier molecular flexibility index (Phi) is 5.74. The van der Waals surface area contributed by atoms with Crippen molar-refractivity contribution in [1.29, 1.82) is 0 Å². The molecule has 0 radical (unpaired) electrons. The van der Waals surface area contributed by atoms with Gasteiger partial charge in [-0.05, 0) is 44.4 Å². The van der Waals surface area contributed by atoms with Crippen molar-refractivity contribution in [3.05, 3.63) is 47.4 Å². The van der Waals surface area contributed by atoms with E-state index in [1.165, 1.54) is 0 Å². The van der Waals surface area contributed by atoms with E-state index in [-0.39, 0.29) is 18.4 Å². The molecule has 1 unspecified atom stereocenters. The van der Waals surface area contributed by atoms with Crippen LogP contribution < -0.4 is 9.47 Å². The summed E-state index contributed by atoms with van der Waals surface area (Å²) in [6, 6.07) is 7.30. The molecule has 1 atom stereocenters. The molecule has 0 saturated carbocycles. The molecule has 4 rings (SSSR count). The van der Waals surface area contributed by atoms with Crippen LogP contribution in [0, 0.1) is 6.92 Å². The Morgan fingerprint density at radius 1 is 1.27 bits per heavy atom. The van der Waals surface area contributed by atoms with Gasteiger partial charge in [0.15, 0.2) is 5.76 Å². The third kappa shape index (κ3) is 3.90. The number of hydrogen-bond acceptors (Lipinski definition) is 6. The average Bonchev–Trinajstić information content (AvgIpc) is 3.42. The molecular formula is C22H26N4O4. The summed E-state index contributed by atoms with van der Waals surface area (Å²) < 4.78 is 16.2. The molecule has 158 valence electrons. The van der Waals surface area contributed by atoms with Gasteiger partial charge in [0.1, 0.15) is 11.5 Å². The van der Waals surface area contributed by atoms with Crippen LogP contribution in [0.25, 0.3) is 11.3 Å². The molecule has 30 heavy (non-hydrogen) atoms. The van der Waals surface area contributed by atoms with Crippen LogP contribution in [0.4, 0.5) is 0 Å². The van der Waals surface area contributed by atoms with Crippen LogP contribution in [0.2, 0.25) is 0 Å². The number of carbonyl (C=O) groups is 1. The molecule has 8 heteroatoms. The Morgan fingerprint density at radius 2 is 2.13 bits per heavy atom. The van der Waals surface area contributed by atoms with Gasteiger partial charge in [-0.1, -0.05) is 5.16 Å². The van der Waals surface area contributed by atoms with E-state index < -0.39 is 0 Å². The van der Waals surface area contributed by atoms with Crippen LogP contribution in [0.5, 0.6) is 11.5 Å². The fraction of sp³-hybridized carbons (Fsp3) is 0.409. The second-order valence-corrected chi connectivity index (χ2v) is 7.48. The number of nitrogens with one attached hydrogen (secondary N) is 1. The van der Waals surface area contributed by atoms with E-state index in [0.29, 0.717) is 23.8 Å². The minimum Gasteiger partial charge on any atom is -0.497 e. The van der Waals surface area contributed by atoms with E-state index in [1.54, 1.807) is 20.4 Å². The fourth-order valence-electron chi connectivity index (χ4n) is 4.05. The first kappa shape index (κ1) is 20.0. The highest BCUT2D eigenvalue weighted by molar-refractivity contribution is 5.80. The largest absolute Gasteiger partial charge is 0.497 e. The number of benzene rings is 1. The number of hydrogen-bond donors (Lipinski definition) is 1. The molecule has 0 aliphatic carbocycles. The number of rotatable bonds is 6. The van der Waals surface area contributed by atoms with E-state index in [1.807, 2.05) is 36.1 Å². The number of aromatic nitrogens is 3. The minimum atomic E-state index is -0.0919. The van der Waals surface area contributed by atoms with Gasteiger partial charge < -0.3 is 18.9 Å². The van der Waals surface area contributed by atoms with Crippen molar-refractivity contribution in [2.75, 3.05) is 20.8 Å². The summed E-state index contributed by atoms with van der Waals surface area (Å²) in [5.74, 6) is 2.08. The summed E-state index contributed by atoms with van der Waals surface area (Å²) in [5, 5.41) is 11.3. The lowest BCUT2D eigenvalue weighted by atomic mass is 9.95. The molecule has 1 aliphatic heterocycles. The molecule has 0 spiro atoms. The van der Waals surface area contributed by atoms with Crippen LogP contribution >= 0.6 is 0 Å². The molecule has 2 aromatic heterocycles. The molecule has 1 amide bonds. The van der Waals surface area contributed by atoms with Crippen LogP contribution in [0.3, 0.4) is 0 Å². The van der Waals surface area contributed by atoms with E-state index in [9.17, 15) is 4.79 Å². The van der Waals surface area contributed by atoms with Gasteiger partial charge in [-0.2, -0.15) is 5.10 Å². The molecule has 8 nitrogen and oxygen atoms in total. The van der Waals surface area contributed by atoms with E-state index in [0.717, 1.165) is 41.8 Å². The number of carbonyl (C=O) groups excluding carboxylic acids is 1. The topological polar surface area (TPSA) is 93.5 Å². The predicted molar refractivity (Wildman–Crippen MR) is 110 cm³/mol. The number of methoxy groups -OCH3 is 2. The van der Waals surface area contributed by atoms with Crippen LogP contribution in [-0.2, 0) is 11.2 Å². The predicted octanol–water partition coefficient (Wildman–Crippen LogP) is 3.69. The molecule has 1 fully saturated rings. The summed E-state index contributed by atoms with van der Waals surface area (Å²) in [4.78, 5) is 15.3. The van der Waals surface area contributed by atoms with Crippen LogP contribution in [-0.4, -0.2) is 46.9 Å². The van der Waals surface area contributed by atoms with Gasteiger partial charge in [0.25, 0.3) is 0 Å². The fourth-order valence-corrected chi connectivity index (χ4v) is 4.05. The Hall–Kier alpha value is -3.29. The van der Waals surface area contributed by atoms with Crippen molar-refractivity contribution in [1.82, 2.24) is 20.3 Å². The van der Waals surface area contributed by atoms with Gasteiger partial charge in [0.05, 0.1) is 49.8 Å². The highest BCUT2D eigenvalue weighted by Gasteiger charge is 2.32. The van der Waals surface area contributed by atoms with Crippen molar-refractivity contribution in [2.45, 2.75) is 38.6 Å². The first-order chi connectivity index (χ1) is 14.6. The van der Waals surface area contributed by atoms with Gasteiger partial charge >= 0.3 is 0 Å². The Morgan fingerprint density at radius 3 is 2.87 bits per heavy atom. The molecule has 3 heterocycles. The number of amides is 1. The zero-order valence-electron chi connectivity index (χ0n) is 17.5. The van der Waals surface area contributed by atoms with Gasteiger partial charge in [-0.3, -0.25) is 9.89 Å². The SMILES string of the molecule is COc1ccc(OC)c(CC(=O)N2CCCCC2c2[nH]ncc2-c2cc(C)no2)c1. The molecule has 3 aromatic rings. The normalized spacial score (nSPS) is 16.5. The van der Waals surface area contributed by atoms with Gasteiger partial charge in [-0.25, -0.2) is 0 Å². The maximum Gasteiger partial charge on any atom is 0.227 e. The Labute approximate surface area is 175 Å². The maximum atomic E-state index is 13.4. The van der Waals surface area contributed by atoms with Crippen molar-refractivity contribution in [3.8, 4) is 22.8 Å². The number of nitrogens with zero attached hydrogens (tertiary/aromatic N) is 3. The monoisotopic (exact) mass is 410 g/mol. The second kappa shape index (κ2) is 8.61. The standard InChI is InChI=1S/C22H26N4O4/c1-14-10-20(30-25-14)17-13-23-24-22(17)18-6-4-5-9-26(18)21(27)12-15-11-16(28-2)7-8-19(15)29-3/h7-8,10-11,13,18H,4-6,9,12H2,1-3H3,(H,23,24). The Balaban J connectivity index is 1.61. The highest BCUT2D eigenvalue weighted by atomic mass is 16.5. The van der Waals surface area contributed by atoms with E-state index >= 15 is 0 Å². The zero-order valence-corrected chi connectivity index (χ0v) is 17.5. The third-order valence-electron chi connectivity index (χ3n) is 5.55. The van der Waals surface area contributed by atoms with Gasteiger partial charge in [-0.15, -0.1) is 0 Å².